The number of hydrogen-bond acceptors (Lipinski definition) is 3. The molecular weight excluding hydrogens is 284 g/mol. The Kier molecular flexibility index (Phi) is 3.73. The molecule has 1 saturated heterocycles. The molecule has 22 heavy (non-hydrogen) atoms. The Bertz CT molecular complexity index is 641. The number of benzene rings is 1. The third-order valence-electron chi connectivity index (χ3n) is 4.48. The first-order valence-corrected chi connectivity index (χ1v) is 7.19. The summed E-state index contributed by atoms with van der Waals surface area (Å²) in [5.41, 5.74) is 9.06. The summed E-state index contributed by atoms with van der Waals surface area (Å²) < 4.78 is 5.30. The summed E-state index contributed by atoms with van der Waals surface area (Å²) in [4.78, 5) is 27.8. The van der Waals surface area contributed by atoms with Gasteiger partial charge >= 0.3 is 6.09 Å². The molecule has 2 atom stereocenters. The first kappa shape index (κ1) is 14.4. The lowest BCUT2D eigenvalue weighted by molar-refractivity contribution is -0.119. The van der Waals surface area contributed by atoms with E-state index < -0.39 is 5.91 Å². The van der Waals surface area contributed by atoms with Crippen LogP contribution in [0.25, 0.3) is 10.4 Å². The van der Waals surface area contributed by atoms with Crippen molar-refractivity contribution < 1.29 is 14.3 Å². The molecule has 1 heterocycles. The molecule has 7 nitrogen and oxygen atoms in total. The Hall–Kier alpha value is -2.53. The quantitative estimate of drug-likeness (QED) is 0.488. The van der Waals surface area contributed by atoms with Crippen molar-refractivity contribution in [3.05, 3.63) is 46.3 Å². The highest BCUT2D eigenvalue weighted by Gasteiger charge is 2.61. The van der Waals surface area contributed by atoms with Gasteiger partial charge in [0.25, 0.3) is 0 Å². The molecule has 0 radical (unpaired) electrons. The molecule has 1 aliphatic heterocycles. The molecular formula is C15H16N4O3. The molecule has 1 aromatic carbocycles. The molecule has 2 fully saturated rings. The van der Waals surface area contributed by atoms with Gasteiger partial charge in [-0.1, -0.05) is 30.3 Å². The number of hydrogen-bond donors (Lipinski definition) is 0. The Morgan fingerprint density at radius 3 is 2.91 bits per heavy atom. The second kappa shape index (κ2) is 5.69. The molecule has 2 amide bonds. The van der Waals surface area contributed by atoms with Gasteiger partial charge in [-0.05, 0) is 29.1 Å². The van der Waals surface area contributed by atoms with E-state index in [0.29, 0.717) is 19.5 Å². The van der Waals surface area contributed by atoms with Gasteiger partial charge < -0.3 is 9.64 Å². The third kappa shape index (κ3) is 2.76. The van der Waals surface area contributed by atoms with E-state index in [0.717, 1.165) is 12.0 Å². The number of carbonyl (C=O) groups is 2. The highest BCUT2D eigenvalue weighted by molar-refractivity contribution is 5.83. The van der Waals surface area contributed by atoms with Crippen LogP contribution in [-0.4, -0.2) is 30.0 Å². The fraction of sp³-hybridized carbons (Fsp3) is 0.467. The monoisotopic (exact) mass is 300 g/mol. The minimum Gasteiger partial charge on any atom is -0.445 e. The van der Waals surface area contributed by atoms with Crippen molar-refractivity contribution in [3.8, 4) is 0 Å². The first-order valence-electron chi connectivity index (χ1n) is 7.19. The summed E-state index contributed by atoms with van der Waals surface area (Å²) in [7, 11) is 0. The van der Waals surface area contributed by atoms with Gasteiger partial charge in [-0.3, -0.25) is 4.79 Å². The van der Waals surface area contributed by atoms with Crippen LogP contribution in [0.5, 0.6) is 0 Å². The van der Waals surface area contributed by atoms with Crippen LogP contribution >= 0.6 is 0 Å². The zero-order valence-electron chi connectivity index (χ0n) is 12.0. The summed E-state index contributed by atoms with van der Waals surface area (Å²) in [6.45, 7) is 1.32. The number of azide groups is 1. The molecule has 3 rings (SSSR count). The number of amides is 2. The Balaban J connectivity index is 1.52. The summed E-state index contributed by atoms with van der Waals surface area (Å²) in [6.07, 6.45) is 1.08. The molecule has 0 aromatic heterocycles. The lowest BCUT2D eigenvalue weighted by atomic mass is 10.0. The summed E-state index contributed by atoms with van der Waals surface area (Å²) >= 11 is 0. The molecule has 114 valence electrons. The molecule has 1 saturated carbocycles. The molecule has 1 aromatic rings. The van der Waals surface area contributed by atoms with E-state index in [4.69, 9.17) is 10.3 Å². The van der Waals surface area contributed by atoms with E-state index >= 15 is 0 Å². The number of likely N-dealkylation sites (tertiary alicyclic amines) is 1. The van der Waals surface area contributed by atoms with E-state index in [2.05, 4.69) is 10.0 Å². The van der Waals surface area contributed by atoms with Crippen molar-refractivity contribution in [2.24, 2.45) is 16.4 Å². The zero-order valence-corrected chi connectivity index (χ0v) is 12.0. The Labute approximate surface area is 127 Å². The molecule has 2 aliphatic rings. The van der Waals surface area contributed by atoms with Crippen molar-refractivity contribution in [2.75, 3.05) is 13.1 Å². The zero-order chi connectivity index (χ0) is 15.6. The van der Waals surface area contributed by atoms with E-state index in [1.807, 2.05) is 30.3 Å². The normalized spacial score (nSPS) is 25.6. The van der Waals surface area contributed by atoms with Gasteiger partial charge in [0.1, 0.15) is 6.61 Å². The maximum absolute atomic E-state index is 12.1. The number of carbonyl (C=O) groups excluding carboxylic acids is 2. The molecule has 7 heteroatoms. The van der Waals surface area contributed by atoms with Crippen LogP contribution in [0.2, 0.25) is 0 Å². The van der Waals surface area contributed by atoms with Gasteiger partial charge in [0.05, 0.1) is 0 Å². The van der Waals surface area contributed by atoms with Gasteiger partial charge in [0.15, 0.2) is 0 Å². The van der Waals surface area contributed by atoms with Crippen LogP contribution in [0.15, 0.2) is 35.4 Å². The smallest absolute Gasteiger partial charge is 0.410 e. The van der Waals surface area contributed by atoms with Crippen LogP contribution < -0.4 is 0 Å². The molecule has 0 N–H and O–H groups in total. The van der Waals surface area contributed by atoms with Crippen molar-refractivity contribution in [3.63, 3.8) is 0 Å². The van der Waals surface area contributed by atoms with Crippen molar-refractivity contribution >= 4 is 12.0 Å². The van der Waals surface area contributed by atoms with Gasteiger partial charge in [-0.2, -0.15) is 0 Å². The third-order valence-corrected chi connectivity index (χ3v) is 4.48. The lowest BCUT2D eigenvalue weighted by Crippen LogP contribution is -2.30. The van der Waals surface area contributed by atoms with Crippen LogP contribution in [0.4, 0.5) is 4.79 Å². The molecule has 1 aliphatic carbocycles. The average molecular weight is 300 g/mol. The maximum atomic E-state index is 12.1. The summed E-state index contributed by atoms with van der Waals surface area (Å²) in [5.74, 6) is -0.655. The Morgan fingerprint density at radius 2 is 2.18 bits per heavy atom. The SMILES string of the molecule is [N-]=[N+]=NC(=O)C1CC12CCN(C(=O)OCc1ccccc1)C2. The minimum absolute atomic E-state index is 0.197. The van der Waals surface area contributed by atoms with Gasteiger partial charge in [-0.15, -0.1) is 0 Å². The molecule has 1 spiro atoms. The predicted octanol–water partition coefficient (Wildman–Crippen LogP) is 2.87. The lowest BCUT2D eigenvalue weighted by Gasteiger charge is -2.16. The number of rotatable bonds is 3. The Morgan fingerprint density at radius 1 is 1.41 bits per heavy atom. The van der Waals surface area contributed by atoms with Crippen molar-refractivity contribution in [1.29, 1.82) is 0 Å². The topological polar surface area (TPSA) is 95.4 Å². The maximum Gasteiger partial charge on any atom is 0.410 e. The number of ether oxygens (including phenoxy) is 1. The highest BCUT2D eigenvalue weighted by atomic mass is 16.6. The van der Waals surface area contributed by atoms with Crippen molar-refractivity contribution in [2.45, 2.75) is 19.4 Å². The average Bonchev–Trinajstić information content (AvgIpc) is 3.07. The van der Waals surface area contributed by atoms with Gasteiger partial charge in [0.2, 0.25) is 5.91 Å². The minimum atomic E-state index is -0.415. The van der Waals surface area contributed by atoms with E-state index in [1.54, 1.807) is 4.90 Å². The van der Waals surface area contributed by atoms with Crippen LogP contribution in [0.3, 0.4) is 0 Å². The van der Waals surface area contributed by atoms with Gasteiger partial charge in [0, 0.05) is 29.3 Å². The van der Waals surface area contributed by atoms with E-state index in [9.17, 15) is 9.59 Å². The van der Waals surface area contributed by atoms with Crippen LogP contribution in [0.1, 0.15) is 18.4 Å². The summed E-state index contributed by atoms with van der Waals surface area (Å²) in [5, 5.41) is 3.16. The largest absolute Gasteiger partial charge is 0.445 e. The standard InChI is InChI=1S/C15H16N4O3/c16-18-17-13(20)12-8-15(12)6-7-19(10-15)14(21)22-9-11-4-2-1-3-5-11/h1-5,12H,6-10H2. The number of nitrogens with zero attached hydrogens (tertiary/aromatic N) is 4. The first-order chi connectivity index (χ1) is 10.6. The van der Waals surface area contributed by atoms with Crippen molar-refractivity contribution in [1.82, 2.24) is 4.90 Å². The van der Waals surface area contributed by atoms with Crippen LogP contribution in [-0.2, 0) is 16.1 Å². The fourth-order valence-corrected chi connectivity index (χ4v) is 3.12. The molecule has 0 bridgehead atoms. The second-order valence-corrected chi connectivity index (χ2v) is 5.86. The predicted molar refractivity (Wildman–Crippen MR) is 77.5 cm³/mol. The highest BCUT2D eigenvalue weighted by Crippen LogP contribution is 2.59. The van der Waals surface area contributed by atoms with Gasteiger partial charge in [-0.25, -0.2) is 4.79 Å². The second-order valence-electron chi connectivity index (χ2n) is 5.86. The van der Waals surface area contributed by atoms with Crippen LogP contribution in [0, 0.1) is 11.3 Å². The molecule has 2 unspecified atom stereocenters. The van der Waals surface area contributed by atoms with E-state index in [1.165, 1.54) is 0 Å². The fourth-order valence-electron chi connectivity index (χ4n) is 3.12. The summed E-state index contributed by atoms with van der Waals surface area (Å²) in [6, 6.07) is 9.49. The van der Waals surface area contributed by atoms with E-state index in [-0.39, 0.29) is 24.0 Å².